The van der Waals surface area contributed by atoms with Crippen molar-refractivity contribution in [3.63, 3.8) is 0 Å². The smallest absolute Gasteiger partial charge is 0.255 e. The van der Waals surface area contributed by atoms with E-state index in [-0.39, 0.29) is 5.91 Å². The van der Waals surface area contributed by atoms with Gasteiger partial charge in [-0.3, -0.25) is 9.69 Å². The minimum atomic E-state index is -0.175. The number of fused-ring (bicyclic) bond motifs is 1. The van der Waals surface area contributed by atoms with Crippen molar-refractivity contribution in [3.8, 4) is 17.2 Å². The van der Waals surface area contributed by atoms with Crippen LogP contribution in [0.1, 0.15) is 10.4 Å². The van der Waals surface area contributed by atoms with Gasteiger partial charge in [0.1, 0.15) is 23.1 Å². The van der Waals surface area contributed by atoms with Crippen molar-refractivity contribution in [2.24, 2.45) is 0 Å². The van der Waals surface area contributed by atoms with E-state index in [2.05, 4.69) is 20.5 Å². The normalized spacial score (nSPS) is 13.7. The van der Waals surface area contributed by atoms with E-state index >= 15 is 0 Å². The molecule has 1 aliphatic heterocycles. The first-order valence-corrected chi connectivity index (χ1v) is 12.6. The molecular weight excluding hydrogens is 482 g/mol. The molecule has 0 saturated carbocycles. The molecule has 4 N–H and O–H groups in total. The number of carbonyl (C=O) groups is 1. The average Bonchev–Trinajstić information content (AvgIpc) is 2.95. The summed E-state index contributed by atoms with van der Waals surface area (Å²) in [6.07, 6.45) is 1.67. The third-order valence-electron chi connectivity index (χ3n) is 6.41. The van der Waals surface area contributed by atoms with Crippen LogP contribution in [0.15, 0.2) is 72.9 Å². The molecule has 0 unspecified atom stereocenters. The van der Waals surface area contributed by atoms with Gasteiger partial charge in [0.15, 0.2) is 0 Å². The second-order valence-corrected chi connectivity index (χ2v) is 8.93. The molecule has 196 valence electrons. The Morgan fingerprint density at radius 2 is 1.84 bits per heavy atom. The number of nitrogen functional groups attached to an aromatic ring is 1. The summed E-state index contributed by atoms with van der Waals surface area (Å²) in [5.74, 6) is 2.22. The summed E-state index contributed by atoms with van der Waals surface area (Å²) in [4.78, 5) is 19.5. The van der Waals surface area contributed by atoms with Crippen LogP contribution in [0.2, 0.25) is 0 Å². The highest BCUT2D eigenvalue weighted by molar-refractivity contribution is 5.98. The Morgan fingerprint density at radius 1 is 1.03 bits per heavy atom. The lowest BCUT2D eigenvalue weighted by Gasteiger charge is -2.26. The van der Waals surface area contributed by atoms with Gasteiger partial charge in [-0.15, -0.1) is 0 Å². The molecule has 0 radical (unpaired) electrons. The summed E-state index contributed by atoms with van der Waals surface area (Å²) in [5, 5.41) is 8.11. The van der Waals surface area contributed by atoms with Gasteiger partial charge in [-0.2, -0.15) is 0 Å². The molecule has 0 spiro atoms. The summed E-state index contributed by atoms with van der Waals surface area (Å²) >= 11 is 0. The molecule has 5 rings (SSSR count). The zero-order valence-electron chi connectivity index (χ0n) is 21.3. The van der Waals surface area contributed by atoms with Crippen LogP contribution in [-0.2, 0) is 4.74 Å². The SMILES string of the molecule is COc1cc(Nc2cc(Oc3ccc(N)c4ccccc34)ccn2)ccc1C(=O)NCCN1CCOCC1. The summed E-state index contributed by atoms with van der Waals surface area (Å²) in [7, 11) is 1.55. The van der Waals surface area contributed by atoms with E-state index < -0.39 is 0 Å². The van der Waals surface area contributed by atoms with Gasteiger partial charge >= 0.3 is 0 Å². The van der Waals surface area contributed by atoms with Crippen molar-refractivity contribution >= 4 is 33.9 Å². The van der Waals surface area contributed by atoms with Crippen molar-refractivity contribution in [3.05, 3.63) is 78.5 Å². The van der Waals surface area contributed by atoms with Crippen molar-refractivity contribution in [1.82, 2.24) is 15.2 Å². The summed E-state index contributed by atoms with van der Waals surface area (Å²) in [5.41, 5.74) is 8.02. The lowest BCUT2D eigenvalue weighted by Crippen LogP contribution is -2.41. The van der Waals surface area contributed by atoms with E-state index in [1.807, 2.05) is 48.5 Å². The minimum absolute atomic E-state index is 0.175. The highest BCUT2D eigenvalue weighted by atomic mass is 16.5. The molecule has 1 aliphatic rings. The first kappa shape index (κ1) is 25.3. The monoisotopic (exact) mass is 513 g/mol. The van der Waals surface area contributed by atoms with Gasteiger partial charge in [-0.25, -0.2) is 4.98 Å². The number of ether oxygens (including phenoxy) is 3. The van der Waals surface area contributed by atoms with E-state index in [9.17, 15) is 4.79 Å². The van der Waals surface area contributed by atoms with Crippen molar-refractivity contribution in [1.29, 1.82) is 0 Å². The number of morpholine rings is 1. The minimum Gasteiger partial charge on any atom is -0.496 e. The van der Waals surface area contributed by atoms with Crippen LogP contribution in [0.25, 0.3) is 10.8 Å². The Hall–Kier alpha value is -4.34. The molecule has 9 nitrogen and oxygen atoms in total. The molecule has 1 fully saturated rings. The Kier molecular flexibility index (Phi) is 7.86. The zero-order valence-corrected chi connectivity index (χ0v) is 21.3. The van der Waals surface area contributed by atoms with E-state index in [1.165, 1.54) is 0 Å². The highest BCUT2D eigenvalue weighted by Crippen LogP contribution is 2.34. The van der Waals surface area contributed by atoms with Crippen LogP contribution in [0.3, 0.4) is 0 Å². The van der Waals surface area contributed by atoms with Crippen LogP contribution in [0.5, 0.6) is 17.2 Å². The molecule has 38 heavy (non-hydrogen) atoms. The van der Waals surface area contributed by atoms with Crippen LogP contribution in [0.4, 0.5) is 17.2 Å². The second kappa shape index (κ2) is 11.8. The first-order valence-electron chi connectivity index (χ1n) is 12.6. The fourth-order valence-electron chi connectivity index (χ4n) is 4.41. The quantitative estimate of drug-likeness (QED) is 0.282. The number of nitrogens with zero attached hydrogens (tertiary/aromatic N) is 2. The molecule has 1 amide bonds. The Balaban J connectivity index is 1.25. The molecule has 0 aliphatic carbocycles. The molecular formula is C29H31N5O4. The summed E-state index contributed by atoms with van der Waals surface area (Å²) in [6.45, 7) is 4.58. The fraction of sp³-hybridized carbons (Fsp3) is 0.241. The molecule has 1 aromatic heterocycles. The molecule has 3 aromatic carbocycles. The summed E-state index contributed by atoms with van der Waals surface area (Å²) < 4.78 is 17.1. The lowest BCUT2D eigenvalue weighted by molar-refractivity contribution is 0.0383. The van der Waals surface area contributed by atoms with E-state index in [4.69, 9.17) is 19.9 Å². The van der Waals surface area contributed by atoms with E-state index in [0.717, 1.165) is 49.3 Å². The number of methoxy groups -OCH3 is 1. The van der Waals surface area contributed by atoms with Gasteiger partial charge in [0.05, 0.1) is 25.9 Å². The zero-order chi connectivity index (χ0) is 26.3. The Labute approximate surface area is 221 Å². The van der Waals surface area contributed by atoms with E-state index in [0.29, 0.717) is 40.9 Å². The first-order chi connectivity index (χ1) is 18.6. The summed E-state index contributed by atoms with van der Waals surface area (Å²) in [6, 6.07) is 20.5. The second-order valence-electron chi connectivity index (χ2n) is 8.93. The molecule has 0 atom stereocenters. The number of nitrogens with two attached hydrogens (primary N) is 1. The maximum atomic E-state index is 12.8. The predicted octanol–water partition coefficient (Wildman–Crippen LogP) is 4.42. The van der Waals surface area contributed by atoms with Gasteiger partial charge in [0.2, 0.25) is 0 Å². The number of carbonyl (C=O) groups excluding carboxylic acids is 1. The lowest BCUT2D eigenvalue weighted by atomic mass is 10.1. The number of benzene rings is 3. The van der Waals surface area contributed by atoms with Crippen LogP contribution >= 0.6 is 0 Å². The molecule has 4 aromatic rings. The maximum Gasteiger partial charge on any atom is 0.255 e. The number of hydrogen-bond donors (Lipinski definition) is 3. The van der Waals surface area contributed by atoms with Crippen molar-refractivity contribution in [2.75, 3.05) is 57.6 Å². The van der Waals surface area contributed by atoms with Gasteiger partial charge in [-0.05, 0) is 30.3 Å². The molecule has 2 heterocycles. The largest absolute Gasteiger partial charge is 0.496 e. The number of pyridine rings is 1. The highest BCUT2D eigenvalue weighted by Gasteiger charge is 2.15. The Morgan fingerprint density at radius 3 is 2.66 bits per heavy atom. The average molecular weight is 514 g/mol. The van der Waals surface area contributed by atoms with Gasteiger partial charge in [0.25, 0.3) is 5.91 Å². The van der Waals surface area contributed by atoms with E-state index in [1.54, 1.807) is 31.5 Å². The molecule has 9 heteroatoms. The number of rotatable bonds is 9. The van der Waals surface area contributed by atoms with Crippen LogP contribution in [0, 0.1) is 0 Å². The van der Waals surface area contributed by atoms with Gasteiger partial charge < -0.3 is 30.6 Å². The fourth-order valence-corrected chi connectivity index (χ4v) is 4.41. The van der Waals surface area contributed by atoms with Crippen LogP contribution in [-0.4, -0.2) is 62.3 Å². The Bertz CT molecular complexity index is 1420. The number of amides is 1. The third kappa shape index (κ3) is 5.96. The number of aromatic nitrogens is 1. The number of nitrogens with one attached hydrogen (secondary N) is 2. The maximum absolute atomic E-state index is 12.8. The van der Waals surface area contributed by atoms with Crippen molar-refractivity contribution in [2.45, 2.75) is 0 Å². The molecule has 1 saturated heterocycles. The standard InChI is InChI=1S/C29H31N5O4/c1-36-27-18-20(6-7-24(27)29(35)32-12-13-34-14-16-37-17-15-34)33-28-19-21(10-11-31-28)38-26-9-8-25(30)22-4-2-3-5-23(22)26/h2-11,18-19H,12-17,30H2,1H3,(H,31,33)(H,32,35). The van der Waals surface area contributed by atoms with Crippen molar-refractivity contribution < 1.29 is 19.0 Å². The van der Waals surface area contributed by atoms with Crippen LogP contribution < -0.4 is 25.8 Å². The van der Waals surface area contributed by atoms with Gasteiger partial charge in [0, 0.05) is 66.7 Å². The van der Waals surface area contributed by atoms with Gasteiger partial charge in [-0.1, -0.05) is 24.3 Å². The number of hydrogen-bond acceptors (Lipinski definition) is 8. The predicted molar refractivity (Wildman–Crippen MR) is 149 cm³/mol. The molecule has 0 bridgehead atoms. The number of anilines is 3. The topological polar surface area (TPSA) is 111 Å². The third-order valence-corrected chi connectivity index (χ3v) is 6.41.